The molecule has 4 heteroatoms. The molecule has 4 nitrogen and oxygen atoms in total. The molecule has 0 radical (unpaired) electrons. The number of anilines is 1. The molecule has 0 aliphatic heterocycles. The number of rotatable bonds is 6. The van der Waals surface area contributed by atoms with Crippen LogP contribution in [0.4, 0.5) is 5.69 Å². The Morgan fingerprint density at radius 3 is 2.19 bits per heavy atom. The highest BCUT2D eigenvalue weighted by atomic mass is 16.5. The van der Waals surface area contributed by atoms with E-state index in [9.17, 15) is 4.79 Å². The number of ether oxygens (including phenoxy) is 2. The monoisotopic (exact) mass is 359 g/mol. The Morgan fingerprint density at radius 1 is 0.852 bits per heavy atom. The van der Waals surface area contributed by atoms with E-state index < -0.39 is 0 Å². The van der Waals surface area contributed by atoms with Gasteiger partial charge in [0.05, 0.1) is 14.2 Å². The van der Waals surface area contributed by atoms with Crippen LogP contribution < -0.4 is 15.2 Å². The number of methoxy groups -OCH3 is 2. The fourth-order valence-corrected chi connectivity index (χ4v) is 2.87. The van der Waals surface area contributed by atoms with Gasteiger partial charge in [0, 0.05) is 22.4 Å². The van der Waals surface area contributed by atoms with Gasteiger partial charge in [-0.05, 0) is 42.0 Å². The van der Waals surface area contributed by atoms with Crippen LogP contribution in [0.1, 0.15) is 21.5 Å². The zero-order chi connectivity index (χ0) is 19.2. The van der Waals surface area contributed by atoms with Gasteiger partial charge in [-0.2, -0.15) is 0 Å². The zero-order valence-electron chi connectivity index (χ0n) is 15.3. The Balaban J connectivity index is 2.19. The van der Waals surface area contributed by atoms with Crippen LogP contribution in [0, 0.1) is 0 Å². The molecule has 27 heavy (non-hydrogen) atoms. The minimum absolute atomic E-state index is 0.120. The SMILES string of the molecule is COc1cccc(/C(=C/c2ccccc2)C(=O)c2ccc(N)cc2)c1OC. The van der Waals surface area contributed by atoms with Crippen LogP contribution in [0.15, 0.2) is 72.8 Å². The third-order valence-electron chi connectivity index (χ3n) is 4.22. The first kappa shape index (κ1) is 18.3. The Bertz CT molecular complexity index is 961. The Morgan fingerprint density at radius 2 is 1.56 bits per heavy atom. The molecule has 0 fully saturated rings. The number of carbonyl (C=O) groups is 1. The predicted octanol–water partition coefficient (Wildman–Crippen LogP) is 4.71. The average Bonchev–Trinajstić information content (AvgIpc) is 2.72. The first-order valence-electron chi connectivity index (χ1n) is 8.52. The summed E-state index contributed by atoms with van der Waals surface area (Å²) >= 11 is 0. The molecule has 0 saturated heterocycles. The number of allylic oxidation sites excluding steroid dienone is 1. The number of ketones is 1. The molecule has 0 aliphatic carbocycles. The van der Waals surface area contributed by atoms with E-state index in [-0.39, 0.29) is 5.78 Å². The summed E-state index contributed by atoms with van der Waals surface area (Å²) in [4.78, 5) is 13.3. The number of para-hydroxylation sites is 1. The predicted molar refractivity (Wildman–Crippen MR) is 109 cm³/mol. The van der Waals surface area contributed by atoms with Gasteiger partial charge in [0.2, 0.25) is 0 Å². The molecule has 0 bridgehead atoms. The average molecular weight is 359 g/mol. The van der Waals surface area contributed by atoms with E-state index in [1.54, 1.807) is 44.6 Å². The molecule has 0 aliphatic rings. The Hall–Kier alpha value is -3.53. The molecular weight excluding hydrogens is 338 g/mol. The summed E-state index contributed by atoms with van der Waals surface area (Å²) in [5.41, 5.74) is 9.02. The van der Waals surface area contributed by atoms with Crippen LogP contribution in [-0.2, 0) is 0 Å². The molecule has 0 heterocycles. The van der Waals surface area contributed by atoms with E-state index in [1.807, 2.05) is 48.5 Å². The third kappa shape index (κ3) is 4.01. The van der Waals surface area contributed by atoms with E-state index in [0.29, 0.717) is 33.9 Å². The largest absolute Gasteiger partial charge is 0.493 e. The van der Waals surface area contributed by atoms with E-state index in [4.69, 9.17) is 15.2 Å². The molecule has 0 atom stereocenters. The van der Waals surface area contributed by atoms with Gasteiger partial charge in [-0.15, -0.1) is 0 Å². The summed E-state index contributed by atoms with van der Waals surface area (Å²) in [6.07, 6.45) is 1.86. The summed E-state index contributed by atoms with van der Waals surface area (Å²) in [6.45, 7) is 0. The van der Waals surface area contributed by atoms with Crippen LogP contribution in [0.3, 0.4) is 0 Å². The van der Waals surface area contributed by atoms with E-state index in [2.05, 4.69) is 0 Å². The van der Waals surface area contributed by atoms with Gasteiger partial charge in [0.25, 0.3) is 0 Å². The maximum absolute atomic E-state index is 13.3. The third-order valence-corrected chi connectivity index (χ3v) is 4.22. The highest BCUT2D eigenvalue weighted by Crippen LogP contribution is 2.37. The highest BCUT2D eigenvalue weighted by molar-refractivity contribution is 6.33. The second-order valence-corrected chi connectivity index (χ2v) is 5.96. The first-order chi connectivity index (χ1) is 13.1. The molecule has 2 N–H and O–H groups in total. The number of nitrogens with two attached hydrogens (primary N) is 1. The van der Waals surface area contributed by atoms with Crippen LogP contribution in [0.2, 0.25) is 0 Å². The lowest BCUT2D eigenvalue weighted by atomic mass is 9.93. The molecule has 0 saturated carbocycles. The first-order valence-corrected chi connectivity index (χ1v) is 8.52. The maximum atomic E-state index is 13.3. The molecule has 3 aromatic carbocycles. The smallest absolute Gasteiger partial charge is 0.193 e. The van der Waals surface area contributed by atoms with Crippen molar-refractivity contribution in [1.82, 2.24) is 0 Å². The summed E-state index contributed by atoms with van der Waals surface area (Å²) in [6, 6.07) is 22.1. The number of carbonyl (C=O) groups excluding carboxylic acids is 1. The fraction of sp³-hybridized carbons (Fsp3) is 0.0870. The second-order valence-electron chi connectivity index (χ2n) is 5.96. The number of Topliss-reactive ketones (excluding diaryl/α,β-unsaturated/α-hetero) is 1. The van der Waals surface area contributed by atoms with Gasteiger partial charge in [-0.3, -0.25) is 4.79 Å². The molecule has 3 aromatic rings. The number of hydrogen-bond donors (Lipinski definition) is 1. The van der Waals surface area contributed by atoms with Crippen molar-refractivity contribution in [3.05, 3.63) is 89.5 Å². The number of nitrogen functional groups attached to an aromatic ring is 1. The van der Waals surface area contributed by atoms with Crippen molar-refractivity contribution < 1.29 is 14.3 Å². The fourth-order valence-electron chi connectivity index (χ4n) is 2.87. The van der Waals surface area contributed by atoms with Crippen LogP contribution in [0.25, 0.3) is 11.6 Å². The summed E-state index contributed by atoms with van der Waals surface area (Å²) < 4.78 is 11.0. The van der Waals surface area contributed by atoms with Crippen LogP contribution >= 0.6 is 0 Å². The van der Waals surface area contributed by atoms with Gasteiger partial charge in [-0.1, -0.05) is 42.5 Å². The number of benzene rings is 3. The maximum Gasteiger partial charge on any atom is 0.193 e. The van der Waals surface area contributed by atoms with E-state index >= 15 is 0 Å². The minimum Gasteiger partial charge on any atom is -0.493 e. The summed E-state index contributed by atoms with van der Waals surface area (Å²) in [5, 5.41) is 0. The Labute approximate surface area is 158 Å². The molecule has 0 amide bonds. The van der Waals surface area contributed by atoms with Crippen molar-refractivity contribution in [3.63, 3.8) is 0 Å². The van der Waals surface area contributed by atoms with Gasteiger partial charge < -0.3 is 15.2 Å². The Kier molecular flexibility index (Phi) is 5.57. The quantitative estimate of drug-likeness (QED) is 0.300. The van der Waals surface area contributed by atoms with Gasteiger partial charge >= 0.3 is 0 Å². The highest BCUT2D eigenvalue weighted by Gasteiger charge is 2.20. The lowest BCUT2D eigenvalue weighted by molar-refractivity contribution is 0.105. The topological polar surface area (TPSA) is 61.5 Å². The summed E-state index contributed by atoms with van der Waals surface area (Å²) in [5.74, 6) is 0.968. The molecule has 0 aromatic heterocycles. The second kappa shape index (κ2) is 8.23. The van der Waals surface area contributed by atoms with Crippen molar-refractivity contribution in [3.8, 4) is 11.5 Å². The van der Waals surface area contributed by atoms with Crippen LogP contribution in [-0.4, -0.2) is 20.0 Å². The summed E-state index contributed by atoms with van der Waals surface area (Å²) in [7, 11) is 3.14. The molecule has 3 rings (SSSR count). The van der Waals surface area contributed by atoms with Gasteiger partial charge in [0.15, 0.2) is 17.3 Å². The van der Waals surface area contributed by atoms with E-state index in [1.165, 1.54) is 0 Å². The molecule has 0 unspecified atom stereocenters. The van der Waals surface area contributed by atoms with Gasteiger partial charge in [-0.25, -0.2) is 0 Å². The number of hydrogen-bond acceptors (Lipinski definition) is 4. The zero-order valence-corrected chi connectivity index (χ0v) is 15.3. The molecule has 136 valence electrons. The molecular formula is C23H21NO3. The normalized spacial score (nSPS) is 11.1. The van der Waals surface area contributed by atoms with E-state index in [0.717, 1.165) is 5.56 Å². The van der Waals surface area contributed by atoms with Crippen LogP contribution in [0.5, 0.6) is 11.5 Å². The van der Waals surface area contributed by atoms with Crippen molar-refractivity contribution in [1.29, 1.82) is 0 Å². The molecule has 0 spiro atoms. The minimum atomic E-state index is -0.120. The lowest BCUT2D eigenvalue weighted by Gasteiger charge is -2.15. The van der Waals surface area contributed by atoms with Crippen molar-refractivity contribution in [2.75, 3.05) is 20.0 Å². The van der Waals surface area contributed by atoms with Gasteiger partial charge in [0.1, 0.15) is 0 Å². The lowest BCUT2D eigenvalue weighted by Crippen LogP contribution is -2.05. The van der Waals surface area contributed by atoms with Crippen molar-refractivity contribution in [2.45, 2.75) is 0 Å². The van der Waals surface area contributed by atoms with Crippen molar-refractivity contribution >= 4 is 23.1 Å². The van der Waals surface area contributed by atoms with Crippen molar-refractivity contribution in [2.24, 2.45) is 0 Å². The standard InChI is InChI=1S/C23H21NO3/c1-26-21-10-6-9-19(23(21)27-2)20(15-16-7-4-3-5-8-16)22(25)17-11-13-18(24)14-12-17/h3-15H,24H2,1-2H3/b20-15-.